The Morgan fingerprint density at radius 1 is 1.25 bits per heavy atom. The van der Waals surface area contributed by atoms with Crippen molar-refractivity contribution in [1.29, 1.82) is 0 Å². The molecule has 2 aromatic rings. The Balaban J connectivity index is 0.00000392. The van der Waals surface area contributed by atoms with Crippen molar-refractivity contribution in [3.05, 3.63) is 36.0 Å². The number of halogens is 1. The molecule has 2 N–H and O–H groups in total. The molecule has 1 unspecified atom stereocenters. The lowest BCUT2D eigenvalue weighted by Gasteiger charge is -2.16. The first kappa shape index (κ1) is 24.0. The molecule has 9 heteroatoms. The number of nitrogens with zero attached hydrogens (tertiary/aromatic N) is 3. The average Bonchev–Trinajstić information content (AvgIpc) is 3.08. The van der Waals surface area contributed by atoms with Gasteiger partial charge in [0.05, 0.1) is 13.7 Å². The monoisotopic (exact) mass is 503 g/mol. The number of ether oxygens (including phenoxy) is 2. The topological polar surface area (TPSA) is 93.8 Å². The molecule has 0 radical (unpaired) electrons. The highest BCUT2D eigenvalue weighted by Gasteiger charge is 2.09. The second-order valence-corrected chi connectivity index (χ2v) is 6.06. The van der Waals surface area contributed by atoms with Gasteiger partial charge in [-0.2, -0.15) is 4.98 Å². The average molecular weight is 503 g/mol. The summed E-state index contributed by atoms with van der Waals surface area (Å²) in [6, 6.07) is 7.60. The summed E-state index contributed by atoms with van der Waals surface area (Å²) >= 11 is 0. The van der Waals surface area contributed by atoms with Crippen LogP contribution in [-0.2, 0) is 6.42 Å². The Bertz CT molecular complexity index is 723. The van der Waals surface area contributed by atoms with E-state index in [0.717, 1.165) is 43.4 Å². The highest BCUT2D eigenvalue weighted by Crippen LogP contribution is 2.26. The van der Waals surface area contributed by atoms with Gasteiger partial charge in [0.1, 0.15) is 6.10 Å². The molecule has 1 aromatic carbocycles. The number of methoxy groups -OCH3 is 1. The van der Waals surface area contributed by atoms with E-state index in [4.69, 9.17) is 14.0 Å². The Morgan fingerprint density at radius 3 is 2.64 bits per heavy atom. The van der Waals surface area contributed by atoms with Crippen molar-refractivity contribution in [2.75, 3.05) is 26.7 Å². The van der Waals surface area contributed by atoms with E-state index in [1.807, 2.05) is 45.0 Å². The molecule has 28 heavy (non-hydrogen) atoms. The van der Waals surface area contributed by atoms with Crippen LogP contribution in [0.4, 0.5) is 0 Å². The van der Waals surface area contributed by atoms with Crippen molar-refractivity contribution in [2.24, 2.45) is 4.99 Å². The minimum atomic E-state index is -0.0851. The number of hydrogen-bond acceptors (Lipinski definition) is 6. The predicted octanol–water partition coefficient (Wildman–Crippen LogP) is 2.96. The Morgan fingerprint density at radius 2 is 2.00 bits per heavy atom. The third-order valence-corrected chi connectivity index (χ3v) is 3.68. The van der Waals surface area contributed by atoms with Gasteiger partial charge in [-0.1, -0.05) is 17.3 Å². The summed E-state index contributed by atoms with van der Waals surface area (Å²) < 4.78 is 16.4. The predicted molar refractivity (Wildman–Crippen MR) is 120 cm³/mol. The Labute approximate surface area is 183 Å². The third kappa shape index (κ3) is 8.32. The summed E-state index contributed by atoms with van der Waals surface area (Å²) in [6.07, 6.45) is 1.53. The van der Waals surface area contributed by atoms with Gasteiger partial charge in [-0.3, -0.25) is 0 Å². The van der Waals surface area contributed by atoms with E-state index in [9.17, 15) is 0 Å². The first-order valence-electron chi connectivity index (χ1n) is 9.23. The lowest BCUT2D eigenvalue weighted by molar-refractivity contribution is 0.219. The number of hydrogen-bond donors (Lipinski definition) is 2. The molecule has 1 heterocycles. The number of aryl methyl sites for hydroxylation is 2. The van der Waals surface area contributed by atoms with Crippen LogP contribution in [0.5, 0.6) is 11.5 Å². The minimum absolute atomic E-state index is 0. The van der Waals surface area contributed by atoms with Gasteiger partial charge in [0, 0.05) is 19.5 Å². The van der Waals surface area contributed by atoms with Gasteiger partial charge in [0.15, 0.2) is 23.3 Å². The van der Waals surface area contributed by atoms with Gasteiger partial charge < -0.3 is 24.6 Å². The van der Waals surface area contributed by atoms with E-state index < -0.39 is 0 Å². The molecule has 8 nitrogen and oxygen atoms in total. The summed E-state index contributed by atoms with van der Waals surface area (Å²) in [5.74, 6) is 3.52. The largest absolute Gasteiger partial charge is 0.493 e. The number of guanidine groups is 1. The molecule has 0 bridgehead atoms. The minimum Gasteiger partial charge on any atom is -0.493 e. The third-order valence-electron chi connectivity index (χ3n) is 3.68. The number of nitrogens with one attached hydrogen (secondary N) is 2. The first-order chi connectivity index (χ1) is 13.1. The molecule has 0 aliphatic rings. The maximum Gasteiger partial charge on any atom is 0.226 e. The normalized spacial score (nSPS) is 12.1. The van der Waals surface area contributed by atoms with Gasteiger partial charge in [0.2, 0.25) is 5.89 Å². The molecule has 0 fully saturated rings. The molecule has 0 saturated heterocycles. The van der Waals surface area contributed by atoms with E-state index >= 15 is 0 Å². The van der Waals surface area contributed by atoms with Crippen molar-refractivity contribution in [2.45, 2.75) is 39.7 Å². The molecule has 1 atom stereocenters. The molecule has 0 amide bonds. The van der Waals surface area contributed by atoms with Crippen LogP contribution in [0, 0.1) is 6.92 Å². The Hall–Kier alpha value is -2.04. The van der Waals surface area contributed by atoms with Crippen LogP contribution in [0.1, 0.15) is 32.0 Å². The first-order valence-corrected chi connectivity index (χ1v) is 9.23. The summed E-state index contributed by atoms with van der Waals surface area (Å²) in [5, 5.41) is 10.3. The number of rotatable bonds is 10. The molecule has 156 valence electrons. The highest BCUT2D eigenvalue weighted by molar-refractivity contribution is 14.0. The van der Waals surface area contributed by atoms with Crippen molar-refractivity contribution >= 4 is 29.9 Å². The van der Waals surface area contributed by atoms with Crippen molar-refractivity contribution in [3.8, 4) is 11.5 Å². The second kappa shape index (κ2) is 13.2. The zero-order chi connectivity index (χ0) is 19.5. The van der Waals surface area contributed by atoms with E-state index in [0.29, 0.717) is 18.3 Å². The lowest BCUT2D eigenvalue weighted by Crippen LogP contribution is -2.38. The van der Waals surface area contributed by atoms with Crippen LogP contribution in [0.3, 0.4) is 0 Å². The molecular weight excluding hydrogens is 473 g/mol. The highest BCUT2D eigenvalue weighted by atomic mass is 127. The van der Waals surface area contributed by atoms with Crippen molar-refractivity contribution in [1.82, 2.24) is 20.8 Å². The van der Waals surface area contributed by atoms with E-state index in [2.05, 4.69) is 25.8 Å². The lowest BCUT2D eigenvalue weighted by atomic mass is 10.3. The number of aromatic nitrogens is 2. The van der Waals surface area contributed by atoms with Crippen LogP contribution in [0.25, 0.3) is 0 Å². The molecule has 2 rings (SSSR count). The van der Waals surface area contributed by atoms with Crippen LogP contribution < -0.4 is 20.1 Å². The Kier molecular flexibility index (Phi) is 11.3. The van der Waals surface area contributed by atoms with E-state index in [1.54, 1.807) is 7.11 Å². The van der Waals surface area contributed by atoms with Gasteiger partial charge in [-0.05, 0) is 39.3 Å². The quantitative estimate of drug-likeness (QED) is 0.223. The van der Waals surface area contributed by atoms with Crippen LogP contribution in [-0.4, -0.2) is 48.9 Å². The van der Waals surface area contributed by atoms with Crippen LogP contribution >= 0.6 is 24.0 Å². The fourth-order valence-corrected chi connectivity index (χ4v) is 2.42. The van der Waals surface area contributed by atoms with Gasteiger partial charge >= 0.3 is 0 Å². The summed E-state index contributed by atoms with van der Waals surface area (Å²) in [7, 11) is 1.63. The smallest absolute Gasteiger partial charge is 0.226 e. The zero-order valence-corrected chi connectivity index (χ0v) is 19.2. The fraction of sp³-hybridized carbons (Fsp3) is 0.526. The molecule has 1 aromatic heterocycles. The molecule has 0 spiro atoms. The second-order valence-electron chi connectivity index (χ2n) is 6.06. The fourth-order valence-electron chi connectivity index (χ4n) is 2.42. The number of aliphatic imine (C=N–C) groups is 1. The molecule has 0 aliphatic heterocycles. The van der Waals surface area contributed by atoms with Gasteiger partial charge in [-0.15, -0.1) is 24.0 Å². The standard InChI is InChI=1S/C19H29N5O3.HI/c1-5-20-19(21-12-8-11-18-23-15(3)24-27-18)22-13-14(2)26-17-10-7-6-9-16(17)25-4;/h6-7,9-10,14H,5,8,11-13H2,1-4H3,(H2,20,21,22);1H. The maximum absolute atomic E-state index is 5.94. The summed E-state index contributed by atoms with van der Waals surface area (Å²) in [5.41, 5.74) is 0. The summed E-state index contributed by atoms with van der Waals surface area (Å²) in [6.45, 7) is 7.90. The molecule has 0 aliphatic carbocycles. The number of benzene rings is 1. The summed E-state index contributed by atoms with van der Waals surface area (Å²) in [4.78, 5) is 8.79. The van der Waals surface area contributed by atoms with E-state index in [1.165, 1.54) is 0 Å². The molecule has 0 saturated carbocycles. The van der Waals surface area contributed by atoms with Gasteiger partial charge in [0.25, 0.3) is 0 Å². The van der Waals surface area contributed by atoms with Crippen molar-refractivity contribution < 1.29 is 14.0 Å². The maximum atomic E-state index is 5.94. The van der Waals surface area contributed by atoms with Crippen LogP contribution in [0.2, 0.25) is 0 Å². The zero-order valence-electron chi connectivity index (χ0n) is 16.9. The van der Waals surface area contributed by atoms with Gasteiger partial charge in [-0.25, -0.2) is 4.99 Å². The van der Waals surface area contributed by atoms with Crippen LogP contribution in [0.15, 0.2) is 33.8 Å². The molecular formula is C19H30IN5O3. The SMILES string of the molecule is CCNC(=NCC(C)Oc1ccccc1OC)NCCCc1nc(C)no1.I. The van der Waals surface area contributed by atoms with Crippen molar-refractivity contribution in [3.63, 3.8) is 0 Å². The number of para-hydroxylation sites is 2. The van der Waals surface area contributed by atoms with E-state index in [-0.39, 0.29) is 30.1 Å².